The van der Waals surface area contributed by atoms with E-state index in [0.717, 1.165) is 19.0 Å². The zero-order chi connectivity index (χ0) is 11.5. The van der Waals surface area contributed by atoms with E-state index in [1.807, 2.05) is 0 Å². The summed E-state index contributed by atoms with van der Waals surface area (Å²) >= 11 is 0. The molecule has 0 spiro atoms. The van der Waals surface area contributed by atoms with Crippen molar-refractivity contribution in [2.75, 3.05) is 19.6 Å². The quantitative estimate of drug-likeness (QED) is 0.549. The molecule has 1 atom stereocenters. The lowest BCUT2D eigenvalue weighted by atomic mass is 10.0. The minimum Gasteiger partial charge on any atom is -0.330 e. The number of nitrogens with one attached hydrogen (secondary N) is 1. The highest BCUT2D eigenvalue weighted by Gasteiger charge is 2.02. The van der Waals surface area contributed by atoms with Gasteiger partial charge >= 0.3 is 0 Å². The monoisotopic (exact) mass is 214 g/mol. The van der Waals surface area contributed by atoms with E-state index in [1.54, 1.807) is 0 Å². The molecule has 0 aliphatic carbocycles. The van der Waals surface area contributed by atoms with E-state index in [-0.39, 0.29) is 0 Å². The molecule has 92 valence electrons. The van der Waals surface area contributed by atoms with Crippen molar-refractivity contribution in [1.29, 1.82) is 0 Å². The Morgan fingerprint density at radius 1 is 1.07 bits per heavy atom. The van der Waals surface area contributed by atoms with Crippen LogP contribution in [0, 0.1) is 11.8 Å². The second kappa shape index (κ2) is 10.4. The predicted molar refractivity (Wildman–Crippen MR) is 69.0 cm³/mol. The fourth-order valence-corrected chi connectivity index (χ4v) is 1.72. The molecule has 0 fully saturated rings. The van der Waals surface area contributed by atoms with Crippen molar-refractivity contribution in [2.45, 2.75) is 52.9 Å². The van der Waals surface area contributed by atoms with Gasteiger partial charge in [0.2, 0.25) is 0 Å². The molecule has 0 heterocycles. The summed E-state index contributed by atoms with van der Waals surface area (Å²) in [6, 6.07) is 0. The van der Waals surface area contributed by atoms with Crippen LogP contribution in [-0.2, 0) is 0 Å². The highest BCUT2D eigenvalue weighted by atomic mass is 14.8. The van der Waals surface area contributed by atoms with Crippen LogP contribution in [0.5, 0.6) is 0 Å². The fourth-order valence-electron chi connectivity index (χ4n) is 1.72. The van der Waals surface area contributed by atoms with E-state index in [9.17, 15) is 0 Å². The second-order valence-corrected chi connectivity index (χ2v) is 4.94. The normalized spacial score (nSPS) is 13.4. The average molecular weight is 214 g/mol. The maximum absolute atomic E-state index is 5.65. The standard InChI is InChI=1S/C13H30N2/c1-4-13(11-14)8-10-15-9-6-5-7-12(2)3/h12-13,15H,4-11,14H2,1-3H3. The van der Waals surface area contributed by atoms with Crippen LogP contribution in [0.3, 0.4) is 0 Å². The Labute approximate surface area is 96.0 Å². The predicted octanol–water partition coefficient (Wildman–Crippen LogP) is 2.78. The van der Waals surface area contributed by atoms with Crippen LogP contribution in [-0.4, -0.2) is 19.6 Å². The third kappa shape index (κ3) is 10.2. The molecule has 0 aliphatic heterocycles. The van der Waals surface area contributed by atoms with Gasteiger partial charge in [-0.1, -0.05) is 40.0 Å². The van der Waals surface area contributed by atoms with E-state index in [4.69, 9.17) is 5.73 Å². The highest BCUT2D eigenvalue weighted by Crippen LogP contribution is 2.06. The molecule has 1 unspecified atom stereocenters. The number of hydrogen-bond donors (Lipinski definition) is 2. The van der Waals surface area contributed by atoms with E-state index in [1.165, 1.54) is 38.6 Å². The lowest BCUT2D eigenvalue weighted by Gasteiger charge is -2.12. The van der Waals surface area contributed by atoms with Crippen LogP contribution in [0.2, 0.25) is 0 Å². The zero-order valence-corrected chi connectivity index (χ0v) is 10.9. The molecule has 0 amide bonds. The number of unbranched alkanes of at least 4 members (excludes halogenated alkanes) is 1. The third-order valence-corrected chi connectivity index (χ3v) is 3.03. The van der Waals surface area contributed by atoms with Crippen LogP contribution >= 0.6 is 0 Å². The van der Waals surface area contributed by atoms with E-state index in [0.29, 0.717) is 5.92 Å². The average Bonchev–Trinajstić information content (AvgIpc) is 2.22. The molecule has 0 aromatic rings. The first-order valence-electron chi connectivity index (χ1n) is 6.61. The first-order chi connectivity index (χ1) is 7.20. The fraction of sp³-hybridized carbons (Fsp3) is 1.00. The maximum atomic E-state index is 5.65. The van der Waals surface area contributed by atoms with Crippen molar-refractivity contribution < 1.29 is 0 Å². The van der Waals surface area contributed by atoms with Gasteiger partial charge in [-0.2, -0.15) is 0 Å². The zero-order valence-electron chi connectivity index (χ0n) is 10.9. The number of nitrogens with two attached hydrogens (primary N) is 1. The van der Waals surface area contributed by atoms with Crippen LogP contribution in [0.25, 0.3) is 0 Å². The minimum atomic E-state index is 0.716. The first-order valence-corrected chi connectivity index (χ1v) is 6.61. The van der Waals surface area contributed by atoms with Gasteiger partial charge in [0, 0.05) is 0 Å². The molecule has 2 nitrogen and oxygen atoms in total. The Bertz CT molecular complexity index is 120. The van der Waals surface area contributed by atoms with Crippen molar-refractivity contribution in [3.05, 3.63) is 0 Å². The molecule has 2 heteroatoms. The molecular formula is C13H30N2. The summed E-state index contributed by atoms with van der Waals surface area (Å²) in [4.78, 5) is 0. The summed E-state index contributed by atoms with van der Waals surface area (Å²) in [6.45, 7) is 9.96. The minimum absolute atomic E-state index is 0.716. The highest BCUT2D eigenvalue weighted by molar-refractivity contribution is 4.60. The van der Waals surface area contributed by atoms with E-state index in [2.05, 4.69) is 26.1 Å². The van der Waals surface area contributed by atoms with Gasteiger partial charge in [0.15, 0.2) is 0 Å². The van der Waals surface area contributed by atoms with Crippen LogP contribution in [0.1, 0.15) is 52.9 Å². The molecule has 0 bridgehead atoms. The van der Waals surface area contributed by atoms with Gasteiger partial charge in [-0.3, -0.25) is 0 Å². The molecule has 15 heavy (non-hydrogen) atoms. The van der Waals surface area contributed by atoms with Gasteiger partial charge in [0.25, 0.3) is 0 Å². The topological polar surface area (TPSA) is 38.0 Å². The second-order valence-electron chi connectivity index (χ2n) is 4.94. The molecule has 0 aromatic carbocycles. The van der Waals surface area contributed by atoms with Gasteiger partial charge < -0.3 is 11.1 Å². The Hall–Kier alpha value is -0.0800. The lowest BCUT2D eigenvalue weighted by Crippen LogP contribution is -2.22. The molecule has 0 aromatic heterocycles. The van der Waals surface area contributed by atoms with Gasteiger partial charge in [-0.25, -0.2) is 0 Å². The van der Waals surface area contributed by atoms with Crippen molar-refractivity contribution in [2.24, 2.45) is 17.6 Å². The maximum Gasteiger partial charge on any atom is -0.00458 e. The SMILES string of the molecule is CCC(CN)CCNCCCCC(C)C. The number of rotatable bonds is 10. The molecule has 0 aliphatic rings. The first kappa shape index (κ1) is 14.9. The molecule has 0 rings (SSSR count). The Morgan fingerprint density at radius 3 is 2.33 bits per heavy atom. The van der Waals surface area contributed by atoms with E-state index < -0.39 is 0 Å². The van der Waals surface area contributed by atoms with Crippen LogP contribution in [0.15, 0.2) is 0 Å². The smallest absolute Gasteiger partial charge is 0.00458 e. The Morgan fingerprint density at radius 2 is 1.80 bits per heavy atom. The Kier molecular flexibility index (Phi) is 10.4. The van der Waals surface area contributed by atoms with Crippen molar-refractivity contribution in [3.8, 4) is 0 Å². The van der Waals surface area contributed by atoms with Crippen molar-refractivity contribution >= 4 is 0 Å². The van der Waals surface area contributed by atoms with Gasteiger partial charge in [0.05, 0.1) is 0 Å². The summed E-state index contributed by atoms with van der Waals surface area (Å²) in [6.07, 6.45) is 6.49. The third-order valence-electron chi connectivity index (χ3n) is 3.03. The molecule has 0 saturated heterocycles. The lowest BCUT2D eigenvalue weighted by molar-refractivity contribution is 0.452. The largest absolute Gasteiger partial charge is 0.330 e. The van der Waals surface area contributed by atoms with Gasteiger partial charge in [-0.15, -0.1) is 0 Å². The van der Waals surface area contributed by atoms with Crippen LogP contribution < -0.4 is 11.1 Å². The summed E-state index contributed by atoms with van der Waals surface area (Å²) in [5.74, 6) is 1.57. The van der Waals surface area contributed by atoms with Crippen LogP contribution in [0.4, 0.5) is 0 Å². The summed E-state index contributed by atoms with van der Waals surface area (Å²) < 4.78 is 0. The summed E-state index contributed by atoms with van der Waals surface area (Å²) in [5.41, 5.74) is 5.65. The molecule has 0 saturated carbocycles. The Balaban J connectivity index is 3.10. The summed E-state index contributed by atoms with van der Waals surface area (Å²) in [5, 5.41) is 3.50. The van der Waals surface area contributed by atoms with Crippen molar-refractivity contribution in [3.63, 3.8) is 0 Å². The van der Waals surface area contributed by atoms with Crippen molar-refractivity contribution in [1.82, 2.24) is 5.32 Å². The molecule has 3 N–H and O–H groups in total. The van der Waals surface area contributed by atoms with Gasteiger partial charge in [0.1, 0.15) is 0 Å². The van der Waals surface area contributed by atoms with Gasteiger partial charge in [-0.05, 0) is 44.3 Å². The number of hydrogen-bond acceptors (Lipinski definition) is 2. The molecular weight excluding hydrogens is 184 g/mol. The summed E-state index contributed by atoms with van der Waals surface area (Å²) in [7, 11) is 0. The molecule has 0 radical (unpaired) electrons. The van der Waals surface area contributed by atoms with E-state index >= 15 is 0 Å².